The number of amides is 1. The minimum absolute atomic E-state index is 0.281. The molecule has 2 saturated heterocycles. The molecule has 5 rings (SSSR count). The van der Waals surface area contributed by atoms with Crippen molar-refractivity contribution in [3.8, 4) is 11.1 Å². The van der Waals surface area contributed by atoms with Gasteiger partial charge in [-0.05, 0) is 53.6 Å². The van der Waals surface area contributed by atoms with E-state index in [1.165, 1.54) is 35.1 Å². The van der Waals surface area contributed by atoms with Crippen LogP contribution in [0.4, 0.5) is 0 Å². The fourth-order valence-corrected chi connectivity index (χ4v) is 5.11. The van der Waals surface area contributed by atoms with Gasteiger partial charge in [-0.1, -0.05) is 54.6 Å². The van der Waals surface area contributed by atoms with Crippen molar-refractivity contribution in [3.63, 3.8) is 0 Å². The molecule has 1 N–H and O–H groups in total. The molecule has 176 valence electrons. The van der Waals surface area contributed by atoms with E-state index in [4.69, 9.17) is 0 Å². The van der Waals surface area contributed by atoms with E-state index in [2.05, 4.69) is 75.9 Å². The average Bonchev–Trinajstić information content (AvgIpc) is 3.29. The molecule has 0 bridgehead atoms. The third kappa shape index (κ3) is 5.72. The SMILES string of the molecule is O=C1CCCN1Cc1ccc(-c2ccccc2CNC2CCN(Cc3ccccn3)CC2)cc1. The van der Waals surface area contributed by atoms with E-state index in [0.717, 1.165) is 51.4 Å². The molecule has 0 aliphatic carbocycles. The Morgan fingerprint density at radius 2 is 1.68 bits per heavy atom. The van der Waals surface area contributed by atoms with Crippen LogP contribution in [0.5, 0.6) is 0 Å². The Bertz CT molecular complexity index is 1070. The lowest BCUT2D eigenvalue weighted by Gasteiger charge is -2.32. The lowest BCUT2D eigenvalue weighted by molar-refractivity contribution is -0.128. The highest BCUT2D eigenvalue weighted by Crippen LogP contribution is 2.25. The first-order valence-electron chi connectivity index (χ1n) is 12.6. The largest absolute Gasteiger partial charge is 0.338 e. The van der Waals surface area contributed by atoms with Gasteiger partial charge in [0, 0.05) is 57.9 Å². The summed E-state index contributed by atoms with van der Waals surface area (Å²) in [6.07, 6.45) is 5.89. The zero-order valence-electron chi connectivity index (χ0n) is 19.8. The second-order valence-corrected chi connectivity index (χ2v) is 9.53. The third-order valence-corrected chi connectivity index (χ3v) is 7.11. The molecule has 5 nitrogen and oxygen atoms in total. The van der Waals surface area contributed by atoms with Crippen LogP contribution in [0.1, 0.15) is 42.5 Å². The Labute approximate surface area is 202 Å². The zero-order valence-corrected chi connectivity index (χ0v) is 19.8. The summed E-state index contributed by atoms with van der Waals surface area (Å²) in [4.78, 5) is 20.9. The molecular formula is C29H34N4O. The van der Waals surface area contributed by atoms with Crippen LogP contribution in [-0.4, -0.2) is 46.4 Å². The number of rotatable bonds is 8. The number of nitrogens with zero attached hydrogens (tertiary/aromatic N) is 3. The van der Waals surface area contributed by atoms with Crippen molar-refractivity contribution >= 4 is 5.91 Å². The minimum Gasteiger partial charge on any atom is -0.338 e. The number of pyridine rings is 1. The Morgan fingerprint density at radius 3 is 2.41 bits per heavy atom. The standard InChI is InChI=1S/C29H34N4O/c34-29-9-5-17-33(29)21-23-10-12-24(13-11-23)28-8-2-1-6-25(28)20-31-26-14-18-32(19-15-26)22-27-7-3-4-16-30-27/h1-4,6-8,10-13,16,26,31H,5,9,14-15,17-22H2. The first-order chi connectivity index (χ1) is 16.7. The molecule has 0 atom stereocenters. The molecule has 0 unspecified atom stereocenters. The number of benzene rings is 2. The Morgan fingerprint density at radius 1 is 0.882 bits per heavy atom. The predicted molar refractivity (Wildman–Crippen MR) is 136 cm³/mol. The maximum Gasteiger partial charge on any atom is 0.222 e. The monoisotopic (exact) mass is 454 g/mol. The second kappa shape index (κ2) is 10.9. The Balaban J connectivity index is 1.15. The number of piperidine rings is 1. The van der Waals surface area contributed by atoms with Gasteiger partial charge in [-0.2, -0.15) is 0 Å². The Hall–Kier alpha value is -3.02. The number of likely N-dealkylation sites (tertiary alicyclic amines) is 2. The minimum atomic E-state index is 0.281. The van der Waals surface area contributed by atoms with Crippen LogP contribution in [0.2, 0.25) is 0 Å². The van der Waals surface area contributed by atoms with Crippen LogP contribution in [0.15, 0.2) is 72.9 Å². The van der Waals surface area contributed by atoms with Crippen LogP contribution in [0.3, 0.4) is 0 Å². The molecule has 2 aliphatic heterocycles. The molecule has 2 aliphatic rings. The molecule has 5 heteroatoms. The highest BCUT2D eigenvalue weighted by atomic mass is 16.2. The molecule has 34 heavy (non-hydrogen) atoms. The van der Waals surface area contributed by atoms with Crippen molar-refractivity contribution in [2.24, 2.45) is 0 Å². The van der Waals surface area contributed by atoms with E-state index in [0.29, 0.717) is 12.5 Å². The highest BCUT2D eigenvalue weighted by Gasteiger charge is 2.21. The number of aromatic nitrogens is 1. The van der Waals surface area contributed by atoms with E-state index >= 15 is 0 Å². The van der Waals surface area contributed by atoms with Crippen molar-refractivity contribution in [2.45, 2.75) is 51.4 Å². The van der Waals surface area contributed by atoms with Crippen LogP contribution in [0.25, 0.3) is 11.1 Å². The number of hydrogen-bond donors (Lipinski definition) is 1. The van der Waals surface area contributed by atoms with Crippen molar-refractivity contribution < 1.29 is 4.79 Å². The summed E-state index contributed by atoms with van der Waals surface area (Å²) in [6.45, 7) is 5.65. The number of nitrogens with one attached hydrogen (secondary N) is 1. The van der Waals surface area contributed by atoms with Gasteiger partial charge in [0.15, 0.2) is 0 Å². The second-order valence-electron chi connectivity index (χ2n) is 9.53. The van der Waals surface area contributed by atoms with Crippen LogP contribution < -0.4 is 5.32 Å². The molecular weight excluding hydrogens is 420 g/mol. The van der Waals surface area contributed by atoms with Gasteiger partial charge in [0.05, 0.1) is 5.69 Å². The molecule has 3 aromatic rings. The maximum atomic E-state index is 11.9. The number of carbonyl (C=O) groups excluding carboxylic acids is 1. The van der Waals surface area contributed by atoms with Crippen molar-refractivity contribution in [1.29, 1.82) is 0 Å². The molecule has 1 amide bonds. The topological polar surface area (TPSA) is 48.5 Å². The smallest absolute Gasteiger partial charge is 0.222 e. The number of carbonyl (C=O) groups is 1. The highest BCUT2D eigenvalue weighted by molar-refractivity contribution is 5.78. The van der Waals surface area contributed by atoms with Crippen LogP contribution >= 0.6 is 0 Å². The summed E-state index contributed by atoms with van der Waals surface area (Å²) < 4.78 is 0. The molecule has 0 spiro atoms. The average molecular weight is 455 g/mol. The first-order valence-corrected chi connectivity index (χ1v) is 12.6. The van der Waals surface area contributed by atoms with Crippen molar-refractivity contribution in [3.05, 3.63) is 89.7 Å². The summed E-state index contributed by atoms with van der Waals surface area (Å²) in [5.41, 5.74) is 6.21. The molecule has 2 fully saturated rings. The van der Waals surface area contributed by atoms with Crippen molar-refractivity contribution in [2.75, 3.05) is 19.6 Å². The maximum absolute atomic E-state index is 11.9. The van der Waals surface area contributed by atoms with Gasteiger partial charge in [0.25, 0.3) is 0 Å². The fraction of sp³-hybridized carbons (Fsp3) is 0.379. The van der Waals surface area contributed by atoms with E-state index in [1.807, 2.05) is 17.2 Å². The van der Waals surface area contributed by atoms with E-state index in [9.17, 15) is 4.79 Å². The zero-order chi connectivity index (χ0) is 23.2. The number of hydrogen-bond acceptors (Lipinski definition) is 4. The molecule has 3 heterocycles. The van der Waals surface area contributed by atoms with E-state index in [1.54, 1.807) is 0 Å². The molecule has 1 aromatic heterocycles. The van der Waals surface area contributed by atoms with Gasteiger partial charge in [-0.25, -0.2) is 0 Å². The molecule has 0 saturated carbocycles. The van der Waals surface area contributed by atoms with Gasteiger partial charge in [0.2, 0.25) is 5.91 Å². The summed E-state index contributed by atoms with van der Waals surface area (Å²) in [6, 6.07) is 24.1. The van der Waals surface area contributed by atoms with Crippen LogP contribution in [-0.2, 0) is 24.4 Å². The molecule has 2 aromatic carbocycles. The summed E-state index contributed by atoms with van der Waals surface area (Å²) in [5.74, 6) is 0.281. The first kappa shape index (κ1) is 22.8. The van der Waals surface area contributed by atoms with Crippen LogP contribution in [0, 0.1) is 0 Å². The lowest BCUT2D eigenvalue weighted by atomic mass is 9.97. The summed E-state index contributed by atoms with van der Waals surface area (Å²) in [5, 5.41) is 3.81. The third-order valence-electron chi connectivity index (χ3n) is 7.11. The predicted octanol–water partition coefficient (Wildman–Crippen LogP) is 4.63. The van der Waals surface area contributed by atoms with Gasteiger partial charge in [0.1, 0.15) is 0 Å². The van der Waals surface area contributed by atoms with Gasteiger partial charge < -0.3 is 10.2 Å². The molecule has 0 radical (unpaired) electrons. The van der Waals surface area contributed by atoms with Gasteiger partial charge in [-0.15, -0.1) is 0 Å². The quantitative estimate of drug-likeness (QED) is 0.539. The van der Waals surface area contributed by atoms with E-state index in [-0.39, 0.29) is 5.91 Å². The summed E-state index contributed by atoms with van der Waals surface area (Å²) >= 11 is 0. The normalized spacial score (nSPS) is 17.4. The van der Waals surface area contributed by atoms with E-state index < -0.39 is 0 Å². The fourth-order valence-electron chi connectivity index (χ4n) is 5.11. The van der Waals surface area contributed by atoms with Gasteiger partial charge in [-0.3, -0.25) is 14.7 Å². The Kier molecular flexibility index (Phi) is 7.32. The lowest BCUT2D eigenvalue weighted by Crippen LogP contribution is -2.42. The van der Waals surface area contributed by atoms with Crippen molar-refractivity contribution in [1.82, 2.24) is 20.1 Å². The van der Waals surface area contributed by atoms with Gasteiger partial charge >= 0.3 is 0 Å². The summed E-state index contributed by atoms with van der Waals surface area (Å²) in [7, 11) is 0.